The summed E-state index contributed by atoms with van der Waals surface area (Å²) in [6, 6.07) is 18.5. The Morgan fingerprint density at radius 3 is 2.44 bits per heavy atom. The van der Waals surface area contributed by atoms with Gasteiger partial charge in [-0.15, -0.1) is 5.10 Å². The second kappa shape index (κ2) is 8.46. The van der Waals surface area contributed by atoms with Crippen molar-refractivity contribution in [2.24, 2.45) is 0 Å². The van der Waals surface area contributed by atoms with Crippen molar-refractivity contribution in [3.8, 4) is 46.0 Å². The van der Waals surface area contributed by atoms with Gasteiger partial charge in [0.2, 0.25) is 5.88 Å². The fourth-order valence-electron chi connectivity index (χ4n) is 4.54. The van der Waals surface area contributed by atoms with Gasteiger partial charge in [-0.2, -0.15) is 0 Å². The number of phenols is 1. The maximum atomic E-state index is 10.1. The molecule has 0 bridgehead atoms. The van der Waals surface area contributed by atoms with Crippen LogP contribution in [0.15, 0.2) is 67.0 Å². The number of ether oxygens (including phenoxy) is 4. The molecule has 1 atom stereocenters. The molecule has 9 heteroatoms. The normalized spacial score (nSPS) is 14.0. The number of nitrogens with zero attached hydrogens (tertiary/aromatic N) is 4. The molecule has 6 rings (SSSR count). The molecule has 0 saturated carbocycles. The van der Waals surface area contributed by atoms with E-state index in [1.807, 2.05) is 48.5 Å². The molecule has 3 aromatic carbocycles. The first-order valence-electron chi connectivity index (χ1n) is 11.2. The average Bonchev–Trinajstić information content (AvgIpc) is 3.36. The van der Waals surface area contributed by atoms with E-state index in [1.165, 1.54) is 0 Å². The number of aromatic nitrogens is 4. The van der Waals surface area contributed by atoms with Gasteiger partial charge in [-0.05, 0) is 42.0 Å². The van der Waals surface area contributed by atoms with Crippen LogP contribution in [-0.4, -0.2) is 46.0 Å². The van der Waals surface area contributed by atoms with Gasteiger partial charge in [0.15, 0.2) is 23.0 Å². The molecule has 36 heavy (non-hydrogen) atoms. The summed E-state index contributed by atoms with van der Waals surface area (Å²) in [5, 5.41) is 14.8. The highest BCUT2D eigenvalue weighted by Crippen LogP contribution is 2.49. The Morgan fingerprint density at radius 1 is 0.889 bits per heavy atom. The van der Waals surface area contributed by atoms with E-state index in [1.54, 1.807) is 44.3 Å². The summed E-state index contributed by atoms with van der Waals surface area (Å²) in [5.74, 6) is 3.29. The highest BCUT2D eigenvalue weighted by atomic mass is 16.5. The summed E-state index contributed by atoms with van der Waals surface area (Å²) in [7, 11) is 4.82. The zero-order valence-corrected chi connectivity index (χ0v) is 19.8. The van der Waals surface area contributed by atoms with Crippen molar-refractivity contribution in [3.63, 3.8) is 0 Å². The number of benzene rings is 3. The van der Waals surface area contributed by atoms with Crippen LogP contribution in [0.3, 0.4) is 0 Å². The lowest BCUT2D eigenvalue weighted by Gasteiger charge is -2.28. The molecule has 1 aliphatic heterocycles. The molecular weight excluding hydrogens is 460 g/mol. The number of fused-ring (bicyclic) bond motifs is 4. The van der Waals surface area contributed by atoms with E-state index in [0.29, 0.717) is 34.6 Å². The minimum atomic E-state index is -0.256. The summed E-state index contributed by atoms with van der Waals surface area (Å²) >= 11 is 0. The van der Waals surface area contributed by atoms with Crippen LogP contribution in [0.4, 0.5) is 0 Å². The fourth-order valence-corrected chi connectivity index (χ4v) is 4.54. The second-order valence-corrected chi connectivity index (χ2v) is 8.27. The number of rotatable bonds is 5. The highest BCUT2D eigenvalue weighted by molar-refractivity contribution is 5.69. The van der Waals surface area contributed by atoms with Gasteiger partial charge in [0, 0.05) is 23.1 Å². The Kier molecular flexibility index (Phi) is 5.10. The van der Waals surface area contributed by atoms with E-state index in [9.17, 15) is 5.11 Å². The molecule has 1 N–H and O–H groups in total. The van der Waals surface area contributed by atoms with Crippen LogP contribution in [0.1, 0.15) is 22.6 Å². The second-order valence-electron chi connectivity index (χ2n) is 8.27. The number of hydrogen-bond acceptors (Lipinski definition) is 8. The maximum absolute atomic E-state index is 10.1. The SMILES string of the molecule is COc1ccc([C@@H]2c3ccc(O)cc3Oc3ncn4nc(-c5ccc(OC)c(OC)c5)nc4c32)cc1. The zero-order valence-electron chi connectivity index (χ0n) is 19.8. The van der Waals surface area contributed by atoms with Gasteiger partial charge in [-0.3, -0.25) is 0 Å². The topological polar surface area (TPSA) is 100 Å². The first kappa shape index (κ1) is 21.7. The van der Waals surface area contributed by atoms with Crippen LogP contribution < -0.4 is 18.9 Å². The van der Waals surface area contributed by atoms with Crippen molar-refractivity contribution in [2.75, 3.05) is 21.3 Å². The number of aromatic hydroxyl groups is 1. The van der Waals surface area contributed by atoms with Crippen molar-refractivity contribution in [1.29, 1.82) is 0 Å². The molecule has 3 heterocycles. The number of methoxy groups -OCH3 is 3. The zero-order chi connectivity index (χ0) is 24.8. The van der Waals surface area contributed by atoms with Crippen molar-refractivity contribution >= 4 is 5.65 Å². The van der Waals surface area contributed by atoms with Crippen molar-refractivity contribution in [2.45, 2.75) is 5.92 Å². The number of hydrogen-bond donors (Lipinski definition) is 1. The summed E-state index contributed by atoms with van der Waals surface area (Å²) < 4.78 is 23.9. The standard InChI is InChI=1S/C27H22N4O5/c1-33-18-8-4-15(5-9-18)23-19-10-7-17(32)13-21(19)36-27-24(23)26-29-25(30-31(26)14-28-27)16-6-11-20(34-2)22(12-16)35-3/h4-14,23,32H,1-3H3/t23-/m1/s1. The summed E-state index contributed by atoms with van der Waals surface area (Å²) in [5.41, 5.74) is 4.05. The van der Waals surface area contributed by atoms with Crippen LogP contribution in [0, 0.1) is 0 Å². The Balaban J connectivity index is 1.55. The van der Waals surface area contributed by atoms with E-state index in [0.717, 1.165) is 28.0 Å². The Hall–Kier alpha value is -4.79. The van der Waals surface area contributed by atoms with E-state index in [2.05, 4.69) is 10.1 Å². The Bertz CT molecular complexity index is 1600. The van der Waals surface area contributed by atoms with E-state index < -0.39 is 0 Å². The molecule has 2 aromatic heterocycles. The maximum Gasteiger partial charge on any atom is 0.228 e. The van der Waals surface area contributed by atoms with Crippen LogP contribution >= 0.6 is 0 Å². The monoisotopic (exact) mass is 482 g/mol. The van der Waals surface area contributed by atoms with Crippen LogP contribution in [-0.2, 0) is 0 Å². The van der Waals surface area contributed by atoms with Gasteiger partial charge in [-0.25, -0.2) is 14.5 Å². The molecule has 9 nitrogen and oxygen atoms in total. The minimum absolute atomic E-state index is 0.116. The largest absolute Gasteiger partial charge is 0.508 e. The lowest BCUT2D eigenvalue weighted by molar-refractivity contribution is 0.355. The Morgan fingerprint density at radius 2 is 1.69 bits per heavy atom. The first-order chi connectivity index (χ1) is 17.6. The third kappa shape index (κ3) is 3.44. The van der Waals surface area contributed by atoms with Gasteiger partial charge in [0.05, 0.1) is 26.9 Å². The molecular formula is C27H22N4O5. The van der Waals surface area contributed by atoms with Gasteiger partial charge >= 0.3 is 0 Å². The minimum Gasteiger partial charge on any atom is -0.508 e. The number of phenolic OH excluding ortho intramolecular Hbond substituents is 1. The van der Waals surface area contributed by atoms with Crippen molar-refractivity contribution in [1.82, 2.24) is 19.6 Å². The molecule has 0 amide bonds. The summed E-state index contributed by atoms with van der Waals surface area (Å²) in [6.45, 7) is 0. The van der Waals surface area contributed by atoms with Crippen molar-refractivity contribution < 1.29 is 24.1 Å². The van der Waals surface area contributed by atoms with Crippen molar-refractivity contribution in [3.05, 3.63) is 83.7 Å². The van der Waals surface area contributed by atoms with Gasteiger partial charge in [0.1, 0.15) is 23.6 Å². The summed E-state index contributed by atoms with van der Waals surface area (Å²) in [6.07, 6.45) is 1.57. The molecule has 0 fully saturated rings. The third-order valence-electron chi connectivity index (χ3n) is 6.28. The van der Waals surface area contributed by atoms with Gasteiger partial charge in [-0.1, -0.05) is 18.2 Å². The average molecular weight is 482 g/mol. The van der Waals surface area contributed by atoms with Gasteiger partial charge < -0.3 is 24.1 Å². The molecule has 0 radical (unpaired) electrons. The molecule has 180 valence electrons. The summed E-state index contributed by atoms with van der Waals surface area (Å²) in [4.78, 5) is 9.43. The molecule has 0 spiro atoms. The molecule has 0 unspecified atom stereocenters. The van der Waals surface area contributed by atoms with Crippen LogP contribution in [0.2, 0.25) is 0 Å². The Labute approximate surface area is 206 Å². The third-order valence-corrected chi connectivity index (χ3v) is 6.28. The lowest BCUT2D eigenvalue weighted by atomic mass is 9.84. The molecule has 5 aromatic rings. The van der Waals surface area contributed by atoms with E-state index in [-0.39, 0.29) is 11.7 Å². The lowest BCUT2D eigenvalue weighted by Crippen LogP contribution is -2.15. The fraction of sp³-hybridized carbons (Fsp3) is 0.148. The molecule has 0 saturated heterocycles. The molecule has 1 aliphatic rings. The molecule has 0 aliphatic carbocycles. The van der Waals surface area contributed by atoms with E-state index in [4.69, 9.17) is 23.9 Å². The quantitative estimate of drug-likeness (QED) is 0.374. The first-order valence-corrected chi connectivity index (χ1v) is 11.2. The predicted molar refractivity (Wildman–Crippen MR) is 131 cm³/mol. The van der Waals surface area contributed by atoms with E-state index >= 15 is 0 Å². The van der Waals surface area contributed by atoms with Crippen LogP contribution in [0.5, 0.6) is 34.6 Å². The predicted octanol–water partition coefficient (Wildman–Crippen LogP) is 4.81. The smallest absolute Gasteiger partial charge is 0.228 e. The highest BCUT2D eigenvalue weighted by Gasteiger charge is 2.33. The van der Waals surface area contributed by atoms with Gasteiger partial charge in [0.25, 0.3) is 0 Å². The van der Waals surface area contributed by atoms with Crippen LogP contribution in [0.25, 0.3) is 17.0 Å².